The molecule has 2 N–H and O–H groups in total. The van der Waals surface area contributed by atoms with Crippen LogP contribution < -0.4 is 4.74 Å². The Hall–Kier alpha value is -1.06. The van der Waals surface area contributed by atoms with Gasteiger partial charge in [-0.25, -0.2) is 0 Å². The molecule has 0 fully saturated rings. The Labute approximate surface area is 76.6 Å². The van der Waals surface area contributed by atoms with Crippen LogP contribution in [-0.4, -0.2) is 16.0 Å². The van der Waals surface area contributed by atoms with Gasteiger partial charge in [-0.2, -0.15) is 0 Å². The highest BCUT2D eigenvalue weighted by Crippen LogP contribution is 2.37. The van der Waals surface area contributed by atoms with Crippen LogP contribution in [0.3, 0.4) is 0 Å². The fourth-order valence-corrected chi connectivity index (χ4v) is 1.60. The van der Waals surface area contributed by atoms with E-state index in [1.54, 1.807) is 19.1 Å². The molecule has 0 amide bonds. The van der Waals surface area contributed by atoms with Gasteiger partial charge in [0.2, 0.25) is 5.79 Å². The van der Waals surface area contributed by atoms with E-state index in [-0.39, 0.29) is 6.42 Å². The predicted octanol–water partition coefficient (Wildman–Crippen LogP) is 1.21. The molecule has 1 aromatic carbocycles. The number of ether oxygens (including phenoxy) is 1. The minimum atomic E-state index is -1.26. The first-order valence-electron chi connectivity index (χ1n) is 4.27. The maximum absolute atomic E-state index is 9.66. The van der Waals surface area contributed by atoms with Crippen LogP contribution >= 0.6 is 0 Å². The molecule has 0 aromatic heterocycles. The Morgan fingerprint density at radius 2 is 2.15 bits per heavy atom. The second-order valence-electron chi connectivity index (χ2n) is 3.53. The SMILES string of the molecule is C[C@]1(O)C[C@@H](O)c2ccccc2O1. The molecule has 2 atom stereocenters. The molecule has 1 aliphatic heterocycles. The maximum Gasteiger partial charge on any atom is 0.208 e. The van der Waals surface area contributed by atoms with E-state index in [4.69, 9.17) is 4.74 Å². The van der Waals surface area contributed by atoms with Gasteiger partial charge in [-0.3, -0.25) is 0 Å². The summed E-state index contributed by atoms with van der Waals surface area (Å²) in [5.74, 6) is -0.695. The highest BCUT2D eigenvalue weighted by atomic mass is 16.6. The third-order valence-corrected chi connectivity index (χ3v) is 2.18. The second-order valence-corrected chi connectivity index (χ2v) is 3.53. The van der Waals surface area contributed by atoms with Gasteiger partial charge in [0.1, 0.15) is 5.75 Å². The largest absolute Gasteiger partial charge is 0.462 e. The standard InChI is InChI=1S/C10H12O3/c1-10(12)6-8(11)7-4-2-3-5-9(7)13-10/h2-5,8,11-12H,6H2,1H3/t8-,10-/m1/s1. The zero-order chi connectivity index (χ0) is 9.47. The van der Waals surface area contributed by atoms with Crippen molar-refractivity contribution in [2.24, 2.45) is 0 Å². The van der Waals surface area contributed by atoms with E-state index in [1.165, 1.54) is 0 Å². The predicted molar refractivity (Wildman–Crippen MR) is 47.3 cm³/mol. The van der Waals surface area contributed by atoms with Crippen molar-refractivity contribution in [2.45, 2.75) is 25.2 Å². The number of rotatable bonds is 0. The third-order valence-electron chi connectivity index (χ3n) is 2.18. The van der Waals surface area contributed by atoms with Crippen molar-refractivity contribution in [3.63, 3.8) is 0 Å². The van der Waals surface area contributed by atoms with Gasteiger partial charge in [0.05, 0.1) is 6.10 Å². The highest BCUT2D eigenvalue weighted by molar-refractivity contribution is 5.37. The van der Waals surface area contributed by atoms with Gasteiger partial charge < -0.3 is 14.9 Å². The molecule has 0 unspecified atom stereocenters. The molecular formula is C10H12O3. The van der Waals surface area contributed by atoms with Crippen molar-refractivity contribution in [1.82, 2.24) is 0 Å². The van der Waals surface area contributed by atoms with Gasteiger partial charge >= 0.3 is 0 Å². The van der Waals surface area contributed by atoms with E-state index in [0.717, 1.165) is 5.56 Å². The Kier molecular flexibility index (Phi) is 1.78. The third kappa shape index (κ3) is 1.53. The number of fused-ring (bicyclic) bond motifs is 1. The van der Waals surface area contributed by atoms with E-state index < -0.39 is 11.9 Å². The summed E-state index contributed by atoms with van der Waals surface area (Å²) >= 11 is 0. The minimum absolute atomic E-state index is 0.212. The molecule has 13 heavy (non-hydrogen) atoms. The molecule has 70 valence electrons. The van der Waals surface area contributed by atoms with Gasteiger partial charge in [0, 0.05) is 18.9 Å². The van der Waals surface area contributed by atoms with E-state index in [9.17, 15) is 10.2 Å². The van der Waals surface area contributed by atoms with E-state index in [0.29, 0.717) is 5.75 Å². The molecule has 2 rings (SSSR count). The number of aliphatic hydroxyl groups is 2. The summed E-state index contributed by atoms with van der Waals surface area (Å²) in [7, 11) is 0. The van der Waals surface area contributed by atoms with Gasteiger partial charge in [-0.15, -0.1) is 0 Å². The number of aliphatic hydroxyl groups excluding tert-OH is 1. The highest BCUT2D eigenvalue weighted by Gasteiger charge is 2.34. The molecule has 0 radical (unpaired) electrons. The Bertz CT molecular complexity index is 320. The lowest BCUT2D eigenvalue weighted by molar-refractivity contribution is -0.158. The van der Waals surface area contributed by atoms with Crippen molar-refractivity contribution < 1.29 is 14.9 Å². The lowest BCUT2D eigenvalue weighted by Gasteiger charge is -2.33. The van der Waals surface area contributed by atoms with Crippen LogP contribution in [0.1, 0.15) is 25.0 Å². The number of hydrogen-bond donors (Lipinski definition) is 2. The normalized spacial score (nSPS) is 32.1. The quantitative estimate of drug-likeness (QED) is 0.631. The van der Waals surface area contributed by atoms with Gasteiger partial charge in [0.15, 0.2) is 0 Å². The molecule has 1 heterocycles. The number of benzene rings is 1. The van der Waals surface area contributed by atoms with Crippen LogP contribution in [0.25, 0.3) is 0 Å². The molecule has 0 aliphatic carbocycles. The van der Waals surface area contributed by atoms with Crippen molar-refractivity contribution in [3.05, 3.63) is 29.8 Å². The summed E-state index contributed by atoms with van der Waals surface area (Å²) in [6, 6.07) is 7.19. The minimum Gasteiger partial charge on any atom is -0.462 e. The smallest absolute Gasteiger partial charge is 0.208 e. The Morgan fingerprint density at radius 3 is 2.92 bits per heavy atom. The summed E-state index contributed by atoms with van der Waals surface area (Å²) in [5.41, 5.74) is 0.744. The van der Waals surface area contributed by atoms with Crippen LogP contribution in [-0.2, 0) is 0 Å². The molecule has 0 saturated heterocycles. The number of hydrogen-bond acceptors (Lipinski definition) is 3. The van der Waals surface area contributed by atoms with E-state index >= 15 is 0 Å². The summed E-state index contributed by atoms with van der Waals surface area (Å²) in [6.07, 6.45) is -0.427. The molecule has 3 nitrogen and oxygen atoms in total. The van der Waals surface area contributed by atoms with Gasteiger partial charge in [0.25, 0.3) is 0 Å². The lowest BCUT2D eigenvalue weighted by Crippen LogP contribution is -2.37. The van der Waals surface area contributed by atoms with Crippen LogP contribution in [0.15, 0.2) is 24.3 Å². The molecular weight excluding hydrogens is 168 g/mol. The van der Waals surface area contributed by atoms with Crippen molar-refractivity contribution >= 4 is 0 Å². The summed E-state index contributed by atoms with van der Waals surface area (Å²) < 4.78 is 5.29. The van der Waals surface area contributed by atoms with E-state index in [2.05, 4.69) is 0 Å². The number of para-hydroxylation sites is 1. The first-order chi connectivity index (χ1) is 6.08. The summed E-state index contributed by atoms with van der Waals surface area (Å²) in [5, 5.41) is 19.3. The fraction of sp³-hybridized carbons (Fsp3) is 0.400. The molecule has 0 spiro atoms. The molecule has 3 heteroatoms. The summed E-state index contributed by atoms with van der Waals surface area (Å²) in [4.78, 5) is 0. The van der Waals surface area contributed by atoms with Crippen molar-refractivity contribution in [2.75, 3.05) is 0 Å². The topological polar surface area (TPSA) is 49.7 Å². The average molecular weight is 180 g/mol. The maximum atomic E-state index is 9.66. The van der Waals surface area contributed by atoms with Gasteiger partial charge in [-0.05, 0) is 6.07 Å². The lowest BCUT2D eigenvalue weighted by atomic mass is 9.98. The molecule has 1 aliphatic rings. The Balaban J connectivity index is 2.43. The molecule has 0 saturated carbocycles. The first kappa shape index (κ1) is 8.53. The van der Waals surface area contributed by atoms with Crippen molar-refractivity contribution in [1.29, 1.82) is 0 Å². The zero-order valence-electron chi connectivity index (χ0n) is 7.40. The fourth-order valence-electron chi connectivity index (χ4n) is 1.60. The van der Waals surface area contributed by atoms with Crippen LogP contribution in [0.4, 0.5) is 0 Å². The zero-order valence-corrected chi connectivity index (χ0v) is 7.40. The average Bonchev–Trinajstić information content (AvgIpc) is 2.02. The van der Waals surface area contributed by atoms with Gasteiger partial charge in [-0.1, -0.05) is 18.2 Å². The van der Waals surface area contributed by atoms with Crippen LogP contribution in [0.2, 0.25) is 0 Å². The Morgan fingerprint density at radius 1 is 1.46 bits per heavy atom. The monoisotopic (exact) mass is 180 g/mol. The van der Waals surface area contributed by atoms with Crippen LogP contribution in [0, 0.1) is 0 Å². The molecule has 0 bridgehead atoms. The van der Waals surface area contributed by atoms with E-state index in [1.807, 2.05) is 12.1 Å². The molecule has 1 aromatic rings. The van der Waals surface area contributed by atoms with Crippen LogP contribution in [0.5, 0.6) is 5.75 Å². The summed E-state index contributed by atoms with van der Waals surface area (Å²) in [6.45, 7) is 1.55. The first-order valence-corrected chi connectivity index (χ1v) is 4.27. The van der Waals surface area contributed by atoms with Crippen molar-refractivity contribution in [3.8, 4) is 5.75 Å². The second kappa shape index (κ2) is 2.72.